The van der Waals surface area contributed by atoms with E-state index in [1.165, 1.54) is 17.0 Å². The lowest BCUT2D eigenvalue weighted by Gasteiger charge is -2.34. The van der Waals surface area contributed by atoms with E-state index < -0.39 is 28.5 Å². The number of rotatable bonds is 12. The molecule has 0 aromatic heterocycles. The first-order valence-corrected chi connectivity index (χ1v) is 16.1. The van der Waals surface area contributed by atoms with E-state index in [0.717, 1.165) is 16.1 Å². The summed E-state index contributed by atoms with van der Waals surface area (Å²) in [6.07, 6.45) is 1.15. The second-order valence-electron chi connectivity index (χ2n) is 9.98. The smallest absolute Gasteiger partial charge is 0.244 e. The monoisotopic (exact) mass is 657 g/mol. The van der Waals surface area contributed by atoms with Crippen molar-refractivity contribution in [1.82, 2.24) is 10.2 Å². The second kappa shape index (κ2) is 14.6. The molecule has 1 N–H and O–H groups in total. The molecule has 0 saturated carbocycles. The number of benzene rings is 3. The predicted molar refractivity (Wildman–Crippen MR) is 167 cm³/mol. The maximum atomic E-state index is 14.1. The summed E-state index contributed by atoms with van der Waals surface area (Å²) >= 11 is 24.8. The van der Waals surface area contributed by atoms with Gasteiger partial charge < -0.3 is 10.2 Å². The first-order valence-electron chi connectivity index (χ1n) is 12.7. The number of nitrogens with one attached hydrogen (secondary N) is 1. The van der Waals surface area contributed by atoms with Crippen LogP contribution in [0.25, 0.3) is 0 Å². The van der Waals surface area contributed by atoms with Gasteiger partial charge in [-0.15, -0.1) is 0 Å². The maximum absolute atomic E-state index is 14.1. The number of hydrogen-bond acceptors (Lipinski definition) is 4. The Morgan fingerprint density at radius 2 is 1.49 bits per heavy atom. The Balaban J connectivity index is 2.09. The average molecular weight is 659 g/mol. The van der Waals surface area contributed by atoms with Gasteiger partial charge in [-0.2, -0.15) is 0 Å². The van der Waals surface area contributed by atoms with Crippen molar-refractivity contribution < 1.29 is 18.0 Å². The molecule has 1 atom stereocenters. The summed E-state index contributed by atoms with van der Waals surface area (Å²) in [7, 11) is -4.03. The number of carbonyl (C=O) groups is 2. The zero-order valence-corrected chi connectivity index (χ0v) is 26.6. The maximum Gasteiger partial charge on any atom is 0.244 e. The Morgan fingerprint density at radius 3 is 2.10 bits per heavy atom. The van der Waals surface area contributed by atoms with Crippen LogP contribution in [0.4, 0.5) is 5.69 Å². The van der Waals surface area contributed by atoms with E-state index in [1.54, 1.807) is 24.3 Å². The van der Waals surface area contributed by atoms with Crippen molar-refractivity contribution in [3.8, 4) is 0 Å². The number of sulfonamides is 1. The van der Waals surface area contributed by atoms with E-state index in [1.807, 2.05) is 44.2 Å². The molecule has 7 nitrogen and oxygen atoms in total. The van der Waals surface area contributed by atoms with E-state index in [2.05, 4.69) is 5.32 Å². The second-order valence-corrected chi connectivity index (χ2v) is 13.5. The minimum atomic E-state index is -4.03. The molecule has 0 bridgehead atoms. The molecule has 0 fully saturated rings. The van der Waals surface area contributed by atoms with Gasteiger partial charge in [0.15, 0.2) is 0 Å². The van der Waals surface area contributed by atoms with Crippen molar-refractivity contribution in [2.45, 2.75) is 32.9 Å². The Labute approximate surface area is 261 Å². The molecule has 0 aliphatic carbocycles. The van der Waals surface area contributed by atoms with Crippen molar-refractivity contribution in [1.29, 1.82) is 0 Å². The van der Waals surface area contributed by atoms with Gasteiger partial charge in [0.25, 0.3) is 0 Å². The third kappa shape index (κ3) is 9.51. The molecular formula is C29H31Cl4N3O4S. The average Bonchev–Trinajstić information content (AvgIpc) is 2.90. The van der Waals surface area contributed by atoms with Gasteiger partial charge in [-0.3, -0.25) is 13.9 Å². The molecule has 0 saturated heterocycles. The molecule has 3 aromatic rings. The molecule has 0 aliphatic heterocycles. The van der Waals surface area contributed by atoms with Crippen LogP contribution in [0, 0.1) is 5.92 Å². The Kier molecular flexibility index (Phi) is 11.8. The van der Waals surface area contributed by atoms with Crippen LogP contribution in [0.15, 0.2) is 66.7 Å². The third-order valence-electron chi connectivity index (χ3n) is 6.14. The van der Waals surface area contributed by atoms with Gasteiger partial charge in [0.1, 0.15) is 12.6 Å². The number of carbonyl (C=O) groups excluding carboxylic acids is 2. The molecular weight excluding hydrogens is 628 g/mol. The summed E-state index contributed by atoms with van der Waals surface area (Å²) in [5.74, 6) is -0.819. The molecule has 3 rings (SSSR count). The number of amides is 2. The summed E-state index contributed by atoms with van der Waals surface area (Å²) < 4.78 is 26.7. The highest BCUT2D eigenvalue weighted by Gasteiger charge is 2.33. The van der Waals surface area contributed by atoms with Gasteiger partial charge in [-0.1, -0.05) is 103 Å². The van der Waals surface area contributed by atoms with Gasteiger partial charge in [0, 0.05) is 24.5 Å². The van der Waals surface area contributed by atoms with Gasteiger partial charge in [-0.25, -0.2) is 8.42 Å². The SMILES string of the molecule is CC(C)CNC(=O)C(Cc1ccccc1)N(Cc1cccc(Cl)c1)C(=O)CN(c1cc(Cl)c(Cl)cc1Cl)S(C)(=O)=O. The number of hydrogen-bond donors (Lipinski definition) is 1. The lowest BCUT2D eigenvalue weighted by molar-refractivity contribution is -0.140. The zero-order chi connectivity index (χ0) is 30.3. The van der Waals surface area contributed by atoms with Crippen LogP contribution in [0.1, 0.15) is 25.0 Å². The largest absolute Gasteiger partial charge is 0.354 e. The Morgan fingerprint density at radius 1 is 0.854 bits per heavy atom. The van der Waals surface area contributed by atoms with Gasteiger partial charge >= 0.3 is 0 Å². The molecule has 2 amide bonds. The van der Waals surface area contributed by atoms with Crippen LogP contribution in [-0.4, -0.2) is 50.5 Å². The van der Waals surface area contributed by atoms with Crippen molar-refractivity contribution in [3.05, 3.63) is 97.9 Å². The highest BCUT2D eigenvalue weighted by molar-refractivity contribution is 7.92. The number of nitrogens with zero attached hydrogens (tertiary/aromatic N) is 2. The summed E-state index contributed by atoms with van der Waals surface area (Å²) in [6.45, 7) is 3.69. The number of halogens is 4. The van der Waals surface area contributed by atoms with Gasteiger partial charge in [0.05, 0.1) is 27.0 Å². The van der Waals surface area contributed by atoms with Crippen LogP contribution in [-0.2, 0) is 32.6 Å². The molecule has 41 heavy (non-hydrogen) atoms. The Hall–Kier alpha value is -2.49. The van der Waals surface area contributed by atoms with Gasteiger partial charge in [0.2, 0.25) is 21.8 Å². The summed E-state index contributed by atoms with van der Waals surface area (Å²) in [6, 6.07) is 17.8. The lowest BCUT2D eigenvalue weighted by atomic mass is 10.0. The zero-order valence-electron chi connectivity index (χ0n) is 22.8. The fraction of sp³-hybridized carbons (Fsp3) is 0.310. The van der Waals surface area contributed by atoms with Crippen LogP contribution in [0.5, 0.6) is 0 Å². The normalized spacial score (nSPS) is 12.2. The highest BCUT2D eigenvalue weighted by atomic mass is 35.5. The van der Waals surface area contributed by atoms with Crippen molar-refractivity contribution in [2.24, 2.45) is 5.92 Å². The fourth-order valence-electron chi connectivity index (χ4n) is 4.11. The molecule has 0 aliphatic rings. The molecule has 1 unspecified atom stereocenters. The minimum Gasteiger partial charge on any atom is -0.354 e. The van der Waals surface area contributed by atoms with Crippen molar-refractivity contribution in [2.75, 3.05) is 23.7 Å². The van der Waals surface area contributed by atoms with Crippen LogP contribution in [0.2, 0.25) is 20.1 Å². The fourth-order valence-corrected chi connectivity index (χ4v) is 5.87. The van der Waals surface area contributed by atoms with Crippen LogP contribution in [0.3, 0.4) is 0 Å². The third-order valence-corrected chi connectivity index (χ3v) is 8.52. The van der Waals surface area contributed by atoms with E-state index in [0.29, 0.717) is 17.1 Å². The molecule has 0 heterocycles. The molecule has 0 spiro atoms. The van der Waals surface area contributed by atoms with Gasteiger partial charge in [-0.05, 0) is 41.3 Å². The van der Waals surface area contributed by atoms with E-state index in [4.69, 9.17) is 46.4 Å². The quantitative estimate of drug-likeness (QED) is 0.226. The van der Waals surface area contributed by atoms with E-state index in [9.17, 15) is 18.0 Å². The summed E-state index contributed by atoms with van der Waals surface area (Å²) in [5, 5.41) is 3.58. The first kappa shape index (κ1) is 33.0. The lowest BCUT2D eigenvalue weighted by Crippen LogP contribution is -2.53. The van der Waals surface area contributed by atoms with Crippen LogP contribution >= 0.6 is 46.4 Å². The van der Waals surface area contributed by atoms with Crippen molar-refractivity contribution >= 4 is 73.9 Å². The van der Waals surface area contributed by atoms with Crippen LogP contribution < -0.4 is 9.62 Å². The standard InChI is InChI=1S/C29H31Cl4N3O4S/c1-19(2)16-34-29(38)27(13-20-8-5-4-6-9-20)35(17-21-10-7-11-22(30)12-21)28(37)18-36(41(3,39)40)26-15-24(32)23(31)14-25(26)33/h4-12,14-15,19,27H,13,16-18H2,1-3H3,(H,34,38). The summed E-state index contributed by atoms with van der Waals surface area (Å²) in [4.78, 5) is 29.1. The van der Waals surface area contributed by atoms with Crippen molar-refractivity contribution in [3.63, 3.8) is 0 Å². The first-order chi connectivity index (χ1) is 19.3. The molecule has 3 aromatic carbocycles. The Bertz CT molecular complexity index is 1490. The summed E-state index contributed by atoms with van der Waals surface area (Å²) in [5.41, 5.74) is 1.48. The number of anilines is 1. The van der Waals surface area contributed by atoms with E-state index in [-0.39, 0.29) is 45.5 Å². The molecule has 0 radical (unpaired) electrons. The topological polar surface area (TPSA) is 86.8 Å². The van der Waals surface area contributed by atoms with E-state index >= 15 is 0 Å². The molecule has 220 valence electrons. The highest BCUT2D eigenvalue weighted by Crippen LogP contribution is 2.35. The predicted octanol–water partition coefficient (Wildman–Crippen LogP) is 6.48. The minimum absolute atomic E-state index is 0.00129. The molecule has 12 heteroatoms.